The number of hydrogen-bond donors (Lipinski definition) is 1. The van der Waals surface area contributed by atoms with E-state index in [-0.39, 0.29) is 5.54 Å². The summed E-state index contributed by atoms with van der Waals surface area (Å²) in [7, 11) is 0. The summed E-state index contributed by atoms with van der Waals surface area (Å²) < 4.78 is 0. The van der Waals surface area contributed by atoms with E-state index < -0.39 is 0 Å². The zero-order chi connectivity index (χ0) is 9.45. The topological polar surface area (TPSA) is 29.1 Å². The van der Waals surface area contributed by atoms with Crippen molar-refractivity contribution in [2.45, 2.75) is 31.7 Å². The van der Waals surface area contributed by atoms with Crippen LogP contribution in [-0.2, 0) is 4.79 Å². The molecule has 0 bridgehead atoms. The molecule has 0 fully saturated rings. The molecule has 0 saturated carbocycles. The first kappa shape index (κ1) is 11.0. The van der Waals surface area contributed by atoms with E-state index in [1.165, 1.54) is 0 Å². The highest BCUT2D eigenvalue weighted by molar-refractivity contribution is 5.48. The summed E-state index contributed by atoms with van der Waals surface area (Å²) >= 11 is 0. The Bertz CT molecular complexity index is 137. The van der Waals surface area contributed by atoms with Crippen molar-refractivity contribution in [2.75, 3.05) is 0 Å². The summed E-state index contributed by atoms with van der Waals surface area (Å²) in [6.07, 6.45) is 6.86. The first-order valence-electron chi connectivity index (χ1n) is 4.18. The molecular weight excluding hydrogens is 150 g/mol. The van der Waals surface area contributed by atoms with Crippen molar-refractivity contribution in [1.29, 1.82) is 0 Å². The Hall–Kier alpha value is -1.05. The monoisotopic (exact) mass is 167 g/mol. The van der Waals surface area contributed by atoms with Gasteiger partial charge in [-0.15, -0.1) is 13.2 Å². The standard InChI is InChI=1S/C10H17NO/c1-4-7-10(6-3,8-5-2)11-9-12/h4-5,9H,1-2,6-8H2,3H3,(H,11,12). The van der Waals surface area contributed by atoms with Gasteiger partial charge in [-0.3, -0.25) is 4.79 Å². The molecule has 0 aliphatic carbocycles. The van der Waals surface area contributed by atoms with E-state index in [9.17, 15) is 4.79 Å². The number of amides is 1. The quantitative estimate of drug-likeness (QED) is 0.456. The summed E-state index contributed by atoms with van der Waals surface area (Å²) in [6.45, 7) is 9.38. The SMILES string of the molecule is C=CCC(CC)(CC=C)NC=O. The maximum atomic E-state index is 10.3. The Kier molecular flexibility index (Phi) is 5.09. The second-order valence-corrected chi connectivity index (χ2v) is 2.88. The Morgan fingerprint density at radius 3 is 2.08 bits per heavy atom. The Morgan fingerprint density at radius 2 is 1.83 bits per heavy atom. The van der Waals surface area contributed by atoms with Gasteiger partial charge in [-0.2, -0.15) is 0 Å². The van der Waals surface area contributed by atoms with Crippen LogP contribution in [0.5, 0.6) is 0 Å². The molecule has 2 nitrogen and oxygen atoms in total. The highest BCUT2D eigenvalue weighted by atomic mass is 16.1. The lowest BCUT2D eigenvalue weighted by Crippen LogP contribution is -2.43. The van der Waals surface area contributed by atoms with Gasteiger partial charge in [-0.1, -0.05) is 19.1 Å². The normalized spacial score (nSPS) is 10.4. The summed E-state index contributed by atoms with van der Waals surface area (Å²) in [5.41, 5.74) is -0.161. The van der Waals surface area contributed by atoms with Crippen molar-refractivity contribution in [2.24, 2.45) is 0 Å². The number of nitrogens with one attached hydrogen (secondary N) is 1. The van der Waals surface area contributed by atoms with E-state index in [1.807, 2.05) is 19.1 Å². The van der Waals surface area contributed by atoms with Gasteiger partial charge in [-0.05, 0) is 19.3 Å². The Labute approximate surface area is 74.4 Å². The fourth-order valence-corrected chi connectivity index (χ4v) is 1.27. The lowest BCUT2D eigenvalue weighted by molar-refractivity contribution is -0.111. The van der Waals surface area contributed by atoms with Crippen molar-refractivity contribution in [1.82, 2.24) is 5.32 Å². The lowest BCUT2D eigenvalue weighted by Gasteiger charge is -2.29. The molecule has 0 aliphatic heterocycles. The zero-order valence-electron chi connectivity index (χ0n) is 7.68. The van der Waals surface area contributed by atoms with Crippen LogP contribution >= 0.6 is 0 Å². The molecule has 12 heavy (non-hydrogen) atoms. The average Bonchev–Trinajstić information content (AvgIpc) is 2.06. The molecule has 0 rings (SSSR count). The maximum Gasteiger partial charge on any atom is 0.207 e. The summed E-state index contributed by atoms with van der Waals surface area (Å²) in [6, 6.07) is 0. The maximum absolute atomic E-state index is 10.3. The molecule has 0 atom stereocenters. The van der Waals surface area contributed by atoms with E-state index in [2.05, 4.69) is 18.5 Å². The van der Waals surface area contributed by atoms with Crippen LogP contribution in [-0.4, -0.2) is 11.9 Å². The third-order valence-electron chi connectivity index (χ3n) is 2.11. The molecule has 1 amide bonds. The van der Waals surface area contributed by atoms with Crippen LogP contribution < -0.4 is 5.32 Å². The molecule has 0 spiro atoms. The van der Waals surface area contributed by atoms with Gasteiger partial charge in [0.2, 0.25) is 6.41 Å². The van der Waals surface area contributed by atoms with Crippen LogP contribution in [0.15, 0.2) is 25.3 Å². The van der Waals surface area contributed by atoms with E-state index in [0.717, 1.165) is 25.7 Å². The van der Waals surface area contributed by atoms with Crippen molar-refractivity contribution in [3.05, 3.63) is 25.3 Å². The van der Waals surface area contributed by atoms with Crippen molar-refractivity contribution in [3.8, 4) is 0 Å². The number of rotatable bonds is 7. The van der Waals surface area contributed by atoms with Crippen LogP contribution in [0.4, 0.5) is 0 Å². The van der Waals surface area contributed by atoms with Crippen molar-refractivity contribution < 1.29 is 4.79 Å². The van der Waals surface area contributed by atoms with Gasteiger partial charge in [-0.25, -0.2) is 0 Å². The predicted octanol–water partition coefficient (Wildman–Crippen LogP) is 2.03. The Balaban J connectivity index is 4.35. The van der Waals surface area contributed by atoms with Gasteiger partial charge in [0.1, 0.15) is 0 Å². The van der Waals surface area contributed by atoms with Gasteiger partial charge in [0.05, 0.1) is 0 Å². The molecular formula is C10H17NO. The van der Waals surface area contributed by atoms with E-state index in [1.54, 1.807) is 0 Å². The highest BCUT2D eigenvalue weighted by Crippen LogP contribution is 2.19. The van der Waals surface area contributed by atoms with Crippen LogP contribution in [0.25, 0.3) is 0 Å². The third-order valence-corrected chi connectivity index (χ3v) is 2.11. The summed E-state index contributed by atoms with van der Waals surface area (Å²) in [5.74, 6) is 0. The van der Waals surface area contributed by atoms with E-state index in [0.29, 0.717) is 0 Å². The molecule has 2 heteroatoms. The first-order chi connectivity index (χ1) is 5.74. The molecule has 68 valence electrons. The number of carbonyl (C=O) groups excluding carboxylic acids is 1. The molecule has 0 aromatic heterocycles. The molecule has 0 heterocycles. The summed E-state index contributed by atoms with van der Waals surface area (Å²) in [5, 5.41) is 2.82. The highest BCUT2D eigenvalue weighted by Gasteiger charge is 2.23. The molecule has 0 saturated heterocycles. The molecule has 1 N–H and O–H groups in total. The van der Waals surface area contributed by atoms with E-state index in [4.69, 9.17) is 0 Å². The molecule has 0 aromatic rings. The van der Waals surface area contributed by atoms with Crippen molar-refractivity contribution >= 4 is 6.41 Å². The lowest BCUT2D eigenvalue weighted by atomic mass is 9.88. The first-order valence-corrected chi connectivity index (χ1v) is 4.18. The number of carbonyl (C=O) groups is 1. The zero-order valence-corrected chi connectivity index (χ0v) is 7.68. The number of hydrogen-bond acceptors (Lipinski definition) is 1. The average molecular weight is 167 g/mol. The third kappa shape index (κ3) is 2.91. The second-order valence-electron chi connectivity index (χ2n) is 2.88. The van der Waals surface area contributed by atoms with Crippen LogP contribution in [0.1, 0.15) is 26.2 Å². The largest absolute Gasteiger partial charge is 0.353 e. The van der Waals surface area contributed by atoms with Crippen LogP contribution in [0.2, 0.25) is 0 Å². The van der Waals surface area contributed by atoms with Gasteiger partial charge >= 0.3 is 0 Å². The minimum Gasteiger partial charge on any atom is -0.353 e. The molecule has 0 radical (unpaired) electrons. The minimum atomic E-state index is -0.161. The van der Waals surface area contributed by atoms with Crippen molar-refractivity contribution in [3.63, 3.8) is 0 Å². The van der Waals surface area contributed by atoms with Gasteiger partial charge < -0.3 is 5.32 Å². The molecule has 0 aliphatic rings. The van der Waals surface area contributed by atoms with E-state index >= 15 is 0 Å². The smallest absolute Gasteiger partial charge is 0.207 e. The van der Waals surface area contributed by atoms with Gasteiger partial charge in [0.15, 0.2) is 0 Å². The summed E-state index contributed by atoms with van der Waals surface area (Å²) in [4.78, 5) is 10.3. The molecule has 0 aromatic carbocycles. The van der Waals surface area contributed by atoms with Gasteiger partial charge in [0, 0.05) is 5.54 Å². The van der Waals surface area contributed by atoms with Crippen LogP contribution in [0.3, 0.4) is 0 Å². The van der Waals surface area contributed by atoms with Crippen LogP contribution in [0, 0.1) is 0 Å². The molecule has 0 unspecified atom stereocenters. The second kappa shape index (κ2) is 5.58. The van der Waals surface area contributed by atoms with Gasteiger partial charge in [0.25, 0.3) is 0 Å². The minimum absolute atomic E-state index is 0.161. The Morgan fingerprint density at radius 1 is 1.33 bits per heavy atom. The fourth-order valence-electron chi connectivity index (χ4n) is 1.27. The fraction of sp³-hybridized carbons (Fsp3) is 0.500. The predicted molar refractivity (Wildman–Crippen MR) is 51.8 cm³/mol.